The predicted molar refractivity (Wildman–Crippen MR) is 63.3 cm³/mol. The van der Waals surface area contributed by atoms with Crippen LogP contribution >= 0.6 is 0 Å². The normalized spacial score (nSPS) is 10.2. The lowest BCUT2D eigenvalue weighted by Crippen LogP contribution is -2.14. The number of carbonyl (C=O) groups is 1. The van der Waals surface area contributed by atoms with Crippen molar-refractivity contribution < 1.29 is 9.53 Å². The third-order valence-corrected chi connectivity index (χ3v) is 2.36. The summed E-state index contributed by atoms with van der Waals surface area (Å²) in [6.07, 6.45) is 0.239. The Hall–Kier alpha value is -2.03. The number of rotatable bonds is 4. The molecule has 0 radical (unpaired) electrons. The summed E-state index contributed by atoms with van der Waals surface area (Å²) in [6.45, 7) is 0.323. The van der Waals surface area contributed by atoms with E-state index in [1.807, 2.05) is 42.5 Å². The second-order valence-electron chi connectivity index (χ2n) is 3.54. The van der Waals surface area contributed by atoms with Crippen LogP contribution in [0.1, 0.15) is 6.42 Å². The molecule has 0 spiro atoms. The lowest BCUT2D eigenvalue weighted by atomic mass is 10.1. The highest BCUT2D eigenvalue weighted by Crippen LogP contribution is 2.24. The van der Waals surface area contributed by atoms with E-state index in [1.54, 1.807) is 0 Å². The minimum atomic E-state index is -0.347. The Morgan fingerprint density at radius 2 is 1.88 bits per heavy atom. The molecule has 0 saturated heterocycles. The van der Waals surface area contributed by atoms with Crippen LogP contribution in [0.3, 0.4) is 0 Å². The number of carbonyl (C=O) groups excluding carboxylic acids is 1. The maximum atomic E-state index is 10.6. The molecule has 3 nitrogen and oxygen atoms in total. The molecule has 2 rings (SSSR count). The maximum Gasteiger partial charge on any atom is 0.220 e. The molecule has 16 heavy (non-hydrogen) atoms. The molecule has 1 amide bonds. The zero-order valence-electron chi connectivity index (χ0n) is 8.85. The van der Waals surface area contributed by atoms with Crippen LogP contribution in [0.5, 0.6) is 5.75 Å². The van der Waals surface area contributed by atoms with Crippen molar-refractivity contribution in [3.8, 4) is 5.75 Å². The first-order valence-electron chi connectivity index (χ1n) is 5.16. The van der Waals surface area contributed by atoms with Crippen LogP contribution in [-0.2, 0) is 4.79 Å². The minimum Gasteiger partial charge on any atom is -0.492 e. The van der Waals surface area contributed by atoms with Crippen molar-refractivity contribution in [1.82, 2.24) is 0 Å². The summed E-state index contributed by atoms with van der Waals surface area (Å²) in [4.78, 5) is 10.6. The van der Waals surface area contributed by atoms with Gasteiger partial charge in [0.1, 0.15) is 5.75 Å². The first-order chi connectivity index (χ1) is 7.77. The summed E-state index contributed by atoms with van der Waals surface area (Å²) >= 11 is 0. The molecule has 0 aromatic heterocycles. The largest absolute Gasteiger partial charge is 0.492 e. The number of amides is 1. The van der Waals surface area contributed by atoms with Crippen molar-refractivity contribution in [2.24, 2.45) is 5.73 Å². The van der Waals surface area contributed by atoms with Gasteiger partial charge in [0.25, 0.3) is 0 Å². The Bertz CT molecular complexity index is 503. The zero-order valence-corrected chi connectivity index (χ0v) is 8.85. The molecule has 2 N–H and O–H groups in total. The summed E-state index contributed by atoms with van der Waals surface area (Å²) in [5.41, 5.74) is 5.05. The molecular formula is C13H13NO2. The quantitative estimate of drug-likeness (QED) is 0.849. The van der Waals surface area contributed by atoms with E-state index in [0.717, 1.165) is 16.5 Å². The molecule has 2 aromatic carbocycles. The molecule has 0 aliphatic carbocycles. The number of hydrogen-bond acceptors (Lipinski definition) is 2. The highest BCUT2D eigenvalue weighted by atomic mass is 16.5. The standard InChI is InChI=1S/C13H13NO2/c14-13(15)8-9-16-12-7-3-5-10-4-1-2-6-11(10)12/h1-7H,8-9H2,(H2,14,15). The highest BCUT2D eigenvalue weighted by molar-refractivity contribution is 5.88. The maximum absolute atomic E-state index is 10.6. The second kappa shape index (κ2) is 4.66. The molecule has 82 valence electrons. The van der Waals surface area contributed by atoms with Gasteiger partial charge in [0.15, 0.2) is 0 Å². The fraction of sp³-hybridized carbons (Fsp3) is 0.154. The SMILES string of the molecule is NC(=O)CCOc1cccc2ccccc12. The van der Waals surface area contributed by atoms with Crippen LogP contribution in [0.25, 0.3) is 10.8 Å². The van der Waals surface area contributed by atoms with Gasteiger partial charge in [0.2, 0.25) is 5.91 Å². The van der Waals surface area contributed by atoms with E-state index in [4.69, 9.17) is 10.5 Å². The molecule has 3 heteroatoms. The van der Waals surface area contributed by atoms with E-state index in [9.17, 15) is 4.79 Å². The van der Waals surface area contributed by atoms with Crippen LogP contribution < -0.4 is 10.5 Å². The van der Waals surface area contributed by atoms with E-state index in [-0.39, 0.29) is 12.3 Å². The Balaban J connectivity index is 2.20. The minimum absolute atomic E-state index is 0.239. The van der Waals surface area contributed by atoms with Crippen molar-refractivity contribution in [2.45, 2.75) is 6.42 Å². The average Bonchev–Trinajstić information content (AvgIpc) is 2.29. The van der Waals surface area contributed by atoms with E-state index < -0.39 is 0 Å². The molecular weight excluding hydrogens is 202 g/mol. The number of hydrogen-bond donors (Lipinski definition) is 1. The van der Waals surface area contributed by atoms with Gasteiger partial charge < -0.3 is 10.5 Å². The fourth-order valence-corrected chi connectivity index (χ4v) is 1.58. The monoisotopic (exact) mass is 215 g/mol. The molecule has 0 heterocycles. The lowest BCUT2D eigenvalue weighted by molar-refractivity contribution is -0.118. The smallest absolute Gasteiger partial charge is 0.220 e. The lowest BCUT2D eigenvalue weighted by Gasteiger charge is -2.07. The first-order valence-corrected chi connectivity index (χ1v) is 5.16. The molecule has 0 atom stereocenters. The van der Waals surface area contributed by atoms with Crippen LogP contribution in [0.15, 0.2) is 42.5 Å². The Kier molecular flexibility index (Phi) is 3.05. The van der Waals surface area contributed by atoms with E-state index in [2.05, 4.69) is 0 Å². The zero-order chi connectivity index (χ0) is 11.4. The molecule has 0 unspecified atom stereocenters. The van der Waals surface area contributed by atoms with Gasteiger partial charge in [-0.2, -0.15) is 0 Å². The van der Waals surface area contributed by atoms with Crippen molar-refractivity contribution in [3.05, 3.63) is 42.5 Å². The van der Waals surface area contributed by atoms with Gasteiger partial charge in [0.05, 0.1) is 13.0 Å². The van der Waals surface area contributed by atoms with Crippen molar-refractivity contribution in [3.63, 3.8) is 0 Å². The van der Waals surface area contributed by atoms with E-state index in [1.165, 1.54) is 0 Å². The summed E-state index contributed by atoms with van der Waals surface area (Å²) in [5.74, 6) is 0.444. The molecule has 0 saturated carbocycles. The highest BCUT2D eigenvalue weighted by Gasteiger charge is 2.01. The summed E-state index contributed by atoms with van der Waals surface area (Å²) in [5, 5.41) is 2.17. The van der Waals surface area contributed by atoms with Gasteiger partial charge in [-0.05, 0) is 11.5 Å². The molecule has 0 aliphatic heterocycles. The van der Waals surface area contributed by atoms with Gasteiger partial charge in [-0.15, -0.1) is 0 Å². The summed E-state index contributed by atoms with van der Waals surface area (Å²) < 4.78 is 5.53. The Morgan fingerprint density at radius 3 is 2.69 bits per heavy atom. The van der Waals surface area contributed by atoms with Gasteiger partial charge >= 0.3 is 0 Å². The molecule has 2 aromatic rings. The predicted octanol–water partition coefficient (Wildman–Crippen LogP) is 2.09. The van der Waals surface area contributed by atoms with Crippen LogP contribution in [0.4, 0.5) is 0 Å². The van der Waals surface area contributed by atoms with Crippen molar-refractivity contribution >= 4 is 16.7 Å². The number of fused-ring (bicyclic) bond motifs is 1. The van der Waals surface area contributed by atoms with Crippen molar-refractivity contribution in [2.75, 3.05) is 6.61 Å². The number of primary amides is 1. The van der Waals surface area contributed by atoms with Gasteiger partial charge in [-0.25, -0.2) is 0 Å². The fourth-order valence-electron chi connectivity index (χ4n) is 1.58. The van der Waals surface area contributed by atoms with Gasteiger partial charge in [-0.1, -0.05) is 36.4 Å². The van der Waals surface area contributed by atoms with Gasteiger partial charge in [0, 0.05) is 5.39 Å². The number of ether oxygens (including phenoxy) is 1. The molecule has 0 aliphatic rings. The van der Waals surface area contributed by atoms with Crippen LogP contribution in [-0.4, -0.2) is 12.5 Å². The Labute approximate surface area is 93.8 Å². The van der Waals surface area contributed by atoms with Crippen LogP contribution in [0.2, 0.25) is 0 Å². The summed E-state index contributed by atoms with van der Waals surface area (Å²) in [6, 6.07) is 13.8. The third kappa shape index (κ3) is 2.31. The van der Waals surface area contributed by atoms with Gasteiger partial charge in [-0.3, -0.25) is 4.79 Å². The third-order valence-electron chi connectivity index (χ3n) is 2.36. The Morgan fingerprint density at radius 1 is 1.12 bits per heavy atom. The molecule has 0 bridgehead atoms. The number of benzene rings is 2. The topological polar surface area (TPSA) is 52.3 Å². The van der Waals surface area contributed by atoms with Crippen molar-refractivity contribution in [1.29, 1.82) is 0 Å². The van der Waals surface area contributed by atoms with E-state index >= 15 is 0 Å². The molecule has 0 fully saturated rings. The van der Waals surface area contributed by atoms with Crippen LogP contribution in [0, 0.1) is 0 Å². The number of nitrogens with two attached hydrogens (primary N) is 1. The second-order valence-corrected chi connectivity index (χ2v) is 3.54. The average molecular weight is 215 g/mol. The van der Waals surface area contributed by atoms with E-state index in [0.29, 0.717) is 6.61 Å². The first kappa shape index (κ1) is 10.5. The summed E-state index contributed by atoms with van der Waals surface area (Å²) in [7, 11) is 0.